The fourth-order valence-corrected chi connectivity index (χ4v) is 4.31. The van der Waals surface area contributed by atoms with Crippen LogP contribution in [-0.2, 0) is 11.3 Å². The first-order valence-electron chi connectivity index (χ1n) is 11.0. The number of aryl methyl sites for hydroxylation is 1. The molecule has 0 radical (unpaired) electrons. The average Bonchev–Trinajstić information content (AvgIpc) is 3.47. The molecule has 8 heteroatoms. The van der Waals surface area contributed by atoms with Gasteiger partial charge in [0.15, 0.2) is 0 Å². The summed E-state index contributed by atoms with van der Waals surface area (Å²) in [6.45, 7) is 3.56. The van der Waals surface area contributed by atoms with Gasteiger partial charge in [-0.1, -0.05) is 17.3 Å². The monoisotopic (exact) mass is 442 g/mol. The first-order chi connectivity index (χ1) is 16.1. The molecular formula is C25H26N6O2. The number of fused-ring (bicyclic) bond motifs is 1. The number of pyridine rings is 1. The van der Waals surface area contributed by atoms with Gasteiger partial charge < -0.3 is 15.0 Å². The van der Waals surface area contributed by atoms with Crippen molar-refractivity contribution in [2.24, 2.45) is 0 Å². The van der Waals surface area contributed by atoms with Crippen LogP contribution >= 0.6 is 0 Å². The Labute approximate surface area is 192 Å². The molecule has 3 heterocycles. The predicted octanol–water partition coefficient (Wildman–Crippen LogP) is 3.90. The molecule has 1 amide bonds. The number of carbonyl (C=O) groups excluding carboxylic acids is 1. The van der Waals surface area contributed by atoms with Gasteiger partial charge in [-0.15, -0.1) is 5.10 Å². The number of hydrogen-bond donors (Lipinski definition) is 1. The Kier molecular flexibility index (Phi) is 5.64. The molecule has 0 aliphatic carbocycles. The molecule has 2 aromatic heterocycles. The summed E-state index contributed by atoms with van der Waals surface area (Å²) < 4.78 is 6.90. The molecule has 1 fully saturated rings. The zero-order valence-electron chi connectivity index (χ0n) is 18.7. The van der Waals surface area contributed by atoms with Crippen LogP contribution in [0.25, 0.3) is 11.0 Å². The van der Waals surface area contributed by atoms with Crippen molar-refractivity contribution >= 4 is 28.3 Å². The summed E-state index contributed by atoms with van der Waals surface area (Å²) >= 11 is 0. The molecule has 0 bridgehead atoms. The van der Waals surface area contributed by atoms with E-state index in [9.17, 15) is 4.79 Å². The Hall–Kier alpha value is -3.94. The summed E-state index contributed by atoms with van der Waals surface area (Å²) in [5.74, 6) is 1.08. The van der Waals surface area contributed by atoms with Gasteiger partial charge in [0.1, 0.15) is 17.8 Å². The first-order valence-corrected chi connectivity index (χ1v) is 11.0. The number of hydrogen-bond acceptors (Lipinski definition) is 6. The van der Waals surface area contributed by atoms with Crippen molar-refractivity contribution in [3.63, 3.8) is 0 Å². The van der Waals surface area contributed by atoms with Crippen molar-refractivity contribution in [2.45, 2.75) is 25.8 Å². The van der Waals surface area contributed by atoms with Gasteiger partial charge in [0.25, 0.3) is 0 Å². The molecule has 1 aliphatic heterocycles. The summed E-state index contributed by atoms with van der Waals surface area (Å²) in [5.41, 5.74) is 5.59. The van der Waals surface area contributed by atoms with Crippen molar-refractivity contribution in [3.8, 4) is 5.75 Å². The van der Waals surface area contributed by atoms with Crippen LogP contribution < -0.4 is 10.1 Å². The van der Waals surface area contributed by atoms with E-state index in [1.54, 1.807) is 11.8 Å². The summed E-state index contributed by atoms with van der Waals surface area (Å²) in [7, 11) is 1.66. The zero-order valence-corrected chi connectivity index (χ0v) is 18.7. The molecule has 2 aromatic carbocycles. The van der Waals surface area contributed by atoms with Gasteiger partial charge in [-0.3, -0.25) is 9.78 Å². The summed E-state index contributed by atoms with van der Waals surface area (Å²) in [5, 5.41) is 11.7. The van der Waals surface area contributed by atoms with Crippen LogP contribution in [-0.4, -0.2) is 51.0 Å². The van der Waals surface area contributed by atoms with Crippen LogP contribution in [0.4, 0.5) is 11.4 Å². The van der Waals surface area contributed by atoms with Gasteiger partial charge in [-0.05, 0) is 61.9 Å². The maximum atomic E-state index is 13.0. The number of para-hydroxylation sites is 1. The van der Waals surface area contributed by atoms with Gasteiger partial charge in [0.2, 0.25) is 5.91 Å². The van der Waals surface area contributed by atoms with Crippen LogP contribution in [0.2, 0.25) is 0 Å². The van der Waals surface area contributed by atoms with Crippen LogP contribution in [0, 0.1) is 6.92 Å². The lowest BCUT2D eigenvalue weighted by Gasteiger charge is -2.17. The SMILES string of the molecule is COc1ccc(Nc2cc(C)nc(C3CCN(C(=O)Cn4nnc5ccccc54)C3)c2)cc1. The Morgan fingerprint density at radius 3 is 2.76 bits per heavy atom. The molecule has 1 atom stereocenters. The highest BCUT2D eigenvalue weighted by molar-refractivity contribution is 5.80. The molecule has 1 aliphatic rings. The summed E-state index contributed by atoms with van der Waals surface area (Å²) in [6, 6.07) is 19.6. The second-order valence-electron chi connectivity index (χ2n) is 8.34. The Morgan fingerprint density at radius 1 is 1.12 bits per heavy atom. The fourth-order valence-electron chi connectivity index (χ4n) is 4.31. The van der Waals surface area contributed by atoms with E-state index in [0.29, 0.717) is 13.1 Å². The van der Waals surface area contributed by atoms with Gasteiger partial charge in [0.05, 0.1) is 12.6 Å². The molecule has 1 unspecified atom stereocenters. The van der Waals surface area contributed by atoms with E-state index in [1.165, 1.54) is 0 Å². The molecule has 4 aromatic rings. The number of benzene rings is 2. The van der Waals surface area contributed by atoms with Gasteiger partial charge in [-0.25, -0.2) is 4.68 Å². The number of rotatable bonds is 6. The highest BCUT2D eigenvalue weighted by atomic mass is 16.5. The second-order valence-corrected chi connectivity index (χ2v) is 8.34. The van der Waals surface area contributed by atoms with Gasteiger partial charge in [-0.2, -0.15) is 0 Å². The molecule has 0 spiro atoms. The van der Waals surface area contributed by atoms with Gasteiger partial charge in [0, 0.05) is 41.8 Å². The van der Waals surface area contributed by atoms with Gasteiger partial charge >= 0.3 is 0 Å². The molecule has 8 nitrogen and oxygen atoms in total. The molecule has 33 heavy (non-hydrogen) atoms. The minimum absolute atomic E-state index is 0.0531. The third-order valence-electron chi connectivity index (χ3n) is 6.02. The quantitative estimate of drug-likeness (QED) is 0.487. The second kappa shape index (κ2) is 8.90. The van der Waals surface area contributed by atoms with Crippen LogP contribution in [0.1, 0.15) is 23.7 Å². The normalized spacial score (nSPS) is 15.7. The van der Waals surface area contributed by atoms with Crippen molar-refractivity contribution < 1.29 is 9.53 Å². The summed E-state index contributed by atoms with van der Waals surface area (Å²) in [6.07, 6.45) is 0.891. The standard InChI is InChI=1S/C25H26N6O2/c1-17-13-20(27-19-7-9-21(33-2)10-8-19)14-23(26-17)18-11-12-30(15-18)25(32)16-31-24-6-4-3-5-22(24)28-29-31/h3-10,13-14,18H,11-12,15-16H2,1-2H3,(H,26,27). The topological polar surface area (TPSA) is 85.2 Å². The minimum Gasteiger partial charge on any atom is -0.497 e. The van der Waals surface area contributed by atoms with E-state index in [4.69, 9.17) is 9.72 Å². The van der Waals surface area contributed by atoms with Crippen LogP contribution in [0.5, 0.6) is 5.75 Å². The summed E-state index contributed by atoms with van der Waals surface area (Å²) in [4.78, 5) is 19.6. The maximum Gasteiger partial charge on any atom is 0.244 e. The molecule has 0 saturated carbocycles. The van der Waals surface area contributed by atoms with Crippen LogP contribution in [0.3, 0.4) is 0 Å². The number of ether oxygens (including phenoxy) is 1. The maximum absolute atomic E-state index is 13.0. The van der Waals surface area contributed by atoms with E-state index >= 15 is 0 Å². The molecular weight excluding hydrogens is 416 g/mol. The molecule has 168 valence electrons. The largest absolute Gasteiger partial charge is 0.497 e. The Balaban J connectivity index is 1.27. The van der Waals surface area contributed by atoms with Crippen LogP contribution in [0.15, 0.2) is 60.7 Å². The smallest absolute Gasteiger partial charge is 0.244 e. The molecule has 5 rings (SSSR count). The third-order valence-corrected chi connectivity index (χ3v) is 6.02. The van der Waals surface area contributed by atoms with E-state index < -0.39 is 0 Å². The number of carbonyl (C=O) groups is 1. The molecule has 1 N–H and O–H groups in total. The fraction of sp³-hybridized carbons (Fsp3) is 0.280. The van der Waals surface area contributed by atoms with E-state index in [-0.39, 0.29) is 18.4 Å². The number of nitrogens with one attached hydrogen (secondary N) is 1. The lowest BCUT2D eigenvalue weighted by Crippen LogP contribution is -2.32. The zero-order chi connectivity index (χ0) is 22.8. The minimum atomic E-state index is 0.0531. The number of nitrogens with zero attached hydrogens (tertiary/aromatic N) is 5. The lowest BCUT2D eigenvalue weighted by molar-refractivity contribution is -0.130. The van der Waals surface area contributed by atoms with Crippen molar-refractivity contribution in [2.75, 3.05) is 25.5 Å². The van der Waals surface area contributed by atoms with E-state index in [2.05, 4.69) is 21.7 Å². The number of aromatic nitrogens is 4. The Morgan fingerprint density at radius 2 is 1.94 bits per heavy atom. The van der Waals surface area contributed by atoms with Crippen molar-refractivity contribution in [3.05, 3.63) is 72.1 Å². The average molecular weight is 443 g/mol. The number of methoxy groups -OCH3 is 1. The van der Waals surface area contributed by atoms with E-state index in [1.807, 2.05) is 66.4 Å². The predicted molar refractivity (Wildman–Crippen MR) is 127 cm³/mol. The van der Waals surface area contributed by atoms with Crippen molar-refractivity contribution in [1.29, 1.82) is 0 Å². The number of amides is 1. The van der Waals surface area contributed by atoms with Crippen molar-refractivity contribution in [1.82, 2.24) is 24.9 Å². The Bertz CT molecular complexity index is 1280. The first kappa shape index (κ1) is 20.9. The number of anilines is 2. The lowest BCUT2D eigenvalue weighted by atomic mass is 10.0. The highest BCUT2D eigenvalue weighted by Crippen LogP contribution is 2.29. The highest BCUT2D eigenvalue weighted by Gasteiger charge is 2.29. The van der Waals surface area contributed by atoms with E-state index in [0.717, 1.165) is 46.0 Å². The third kappa shape index (κ3) is 4.50. The number of likely N-dealkylation sites (tertiary alicyclic amines) is 1. The molecule has 1 saturated heterocycles.